The first kappa shape index (κ1) is 76.5. The van der Waals surface area contributed by atoms with Crippen molar-refractivity contribution >= 4 is 47.8 Å². The molecule has 0 saturated carbocycles. The van der Waals surface area contributed by atoms with Crippen LogP contribution in [0.5, 0.6) is 0 Å². The molecule has 0 N–H and O–H groups in total. The fourth-order valence-electron chi connectivity index (χ4n) is 0. The van der Waals surface area contributed by atoms with E-state index in [-0.39, 0.29) is 81.7 Å². The minimum atomic E-state index is -1.08. The van der Waals surface area contributed by atoms with Gasteiger partial charge in [-0.3, -0.25) is 0 Å². The van der Waals surface area contributed by atoms with Gasteiger partial charge in [-0.05, 0) is 55.4 Å². The Morgan fingerprint density at radius 1 is 0.250 bits per heavy atom. The van der Waals surface area contributed by atoms with E-state index in [0.29, 0.717) is 0 Å². The molecule has 36 heavy (non-hydrogen) atoms. The maximum atomic E-state index is 8.89. The number of carbonyl (C=O) groups is 8. The molecular formula is C16H24O16Pd4. The van der Waals surface area contributed by atoms with Gasteiger partial charge in [0.05, 0.1) is 0 Å². The Labute approximate surface area is 262 Å². The molecule has 0 aromatic rings. The van der Waals surface area contributed by atoms with Crippen molar-refractivity contribution in [3.63, 3.8) is 0 Å². The van der Waals surface area contributed by atoms with E-state index in [9.17, 15) is 0 Å². The third-order valence-corrected chi connectivity index (χ3v) is 0. The van der Waals surface area contributed by atoms with Gasteiger partial charge in [0, 0.05) is 47.8 Å². The summed E-state index contributed by atoms with van der Waals surface area (Å²) in [6.07, 6.45) is 0. The Morgan fingerprint density at radius 2 is 0.250 bits per heavy atom. The topological polar surface area (TPSA) is 321 Å². The maximum Gasteiger partial charge on any atom is 2.00 e. The Hall–Kier alpha value is -1.59. The molecule has 0 heterocycles. The molecule has 0 amide bonds. The van der Waals surface area contributed by atoms with Crippen LogP contribution in [0.2, 0.25) is 0 Å². The summed E-state index contributed by atoms with van der Waals surface area (Å²) in [6.45, 7) is 7.78. The predicted molar refractivity (Wildman–Crippen MR) is 85.4 cm³/mol. The van der Waals surface area contributed by atoms with Crippen LogP contribution in [0.15, 0.2) is 0 Å². The number of carboxylic acid groups (broad SMARTS) is 8. The fraction of sp³-hybridized carbons (Fsp3) is 0.500. The van der Waals surface area contributed by atoms with Crippen molar-refractivity contribution < 1.29 is 161 Å². The summed E-state index contributed by atoms with van der Waals surface area (Å²) in [5.41, 5.74) is 0. The number of aliphatic carboxylic acids is 8. The van der Waals surface area contributed by atoms with Crippen molar-refractivity contribution in [1.82, 2.24) is 0 Å². The van der Waals surface area contributed by atoms with Crippen molar-refractivity contribution in [2.24, 2.45) is 0 Å². The first-order valence-electron chi connectivity index (χ1n) is 7.27. The molecule has 0 fully saturated rings. The minimum absolute atomic E-state index is 0. The molecule has 0 unspecified atom stereocenters. The zero-order valence-electron chi connectivity index (χ0n) is 19.8. The minimum Gasteiger partial charge on any atom is -0.550 e. The number of carbonyl (C=O) groups excluding carboxylic acids is 8. The molecular weight excluding hydrogens is 874 g/mol. The average molecular weight is 898 g/mol. The van der Waals surface area contributed by atoms with Crippen LogP contribution in [-0.4, -0.2) is 47.8 Å². The van der Waals surface area contributed by atoms with E-state index in [2.05, 4.69) is 0 Å². The third-order valence-electron chi connectivity index (χ3n) is 0. The average Bonchev–Trinajstić information content (AvgIpc) is 2.30. The molecule has 0 bridgehead atoms. The second-order valence-corrected chi connectivity index (χ2v) is 3.93. The van der Waals surface area contributed by atoms with E-state index in [0.717, 1.165) is 55.4 Å². The van der Waals surface area contributed by atoms with E-state index in [1.54, 1.807) is 0 Å². The predicted octanol–water partition coefficient (Wildman–Crippen LogP) is -9.96. The molecule has 0 saturated heterocycles. The van der Waals surface area contributed by atoms with Crippen molar-refractivity contribution in [3.8, 4) is 0 Å². The van der Waals surface area contributed by atoms with Crippen LogP contribution >= 0.6 is 0 Å². The number of hydrogen-bond donors (Lipinski definition) is 0. The number of hydrogen-bond acceptors (Lipinski definition) is 16. The van der Waals surface area contributed by atoms with E-state index < -0.39 is 47.8 Å². The Morgan fingerprint density at radius 3 is 0.250 bits per heavy atom. The second-order valence-electron chi connectivity index (χ2n) is 3.93. The first-order chi connectivity index (χ1) is 13.9. The van der Waals surface area contributed by atoms with E-state index in [1.807, 2.05) is 0 Å². The molecule has 0 spiro atoms. The first-order valence-corrected chi connectivity index (χ1v) is 7.27. The van der Waals surface area contributed by atoms with Crippen LogP contribution in [0.1, 0.15) is 55.4 Å². The smallest absolute Gasteiger partial charge is 0.550 e. The second kappa shape index (κ2) is 69.9. The molecule has 224 valence electrons. The van der Waals surface area contributed by atoms with E-state index >= 15 is 0 Å². The molecule has 0 aromatic carbocycles. The van der Waals surface area contributed by atoms with Gasteiger partial charge in [-0.1, -0.05) is 0 Å². The van der Waals surface area contributed by atoms with Crippen molar-refractivity contribution in [1.29, 1.82) is 0 Å². The molecule has 20 heteroatoms. The van der Waals surface area contributed by atoms with Crippen LogP contribution < -0.4 is 40.9 Å². The van der Waals surface area contributed by atoms with Crippen LogP contribution in [-0.2, 0) is 120 Å². The molecule has 0 rings (SSSR count). The summed E-state index contributed by atoms with van der Waals surface area (Å²) >= 11 is 0. The molecule has 0 atom stereocenters. The van der Waals surface area contributed by atoms with Crippen LogP contribution in [0.4, 0.5) is 0 Å². The summed E-state index contributed by atoms with van der Waals surface area (Å²) in [7, 11) is 0. The zero-order valence-corrected chi connectivity index (χ0v) is 26.0. The van der Waals surface area contributed by atoms with Gasteiger partial charge in [0.1, 0.15) is 0 Å². The largest absolute Gasteiger partial charge is 2.00 e. The molecule has 0 radical (unpaired) electrons. The summed E-state index contributed by atoms with van der Waals surface area (Å²) < 4.78 is 0. The van der Waals surface area contributed by atoms with Gasteiger partial charge in [0.15, 0.2) is 0 Å². The number of carboxylic acids is 8. The van der Waals surface area contributed by atoms with Crippen molar-refractivity contribution in [3.05, 3.63) is 0 Å². The fourth-order valence-corrected chi connectivity index (χ4v) is 0. The number of rotatable bonds is 0. The van der Waals surface area contributed by atoms with Crippen LogP contribution in [0, 0.1) is 0 Å². The third kappa shape index (κ3) is 12600. The van der Waals surface area contributed by atoms with Gasteiger partial charge in [-0.15, -0.1) is 0 Å². The Bertz CT molecular complexity index is 378. The molecule has 0 aromatic heterocycles. The van der Waals surface area contributed by atoms with E-state index in [1.165, 1.54) is 0 Å². The summed E-state index contributed by atoms with van der Waals surface area (Å²) in [5, 5.41) is 71.1. The summed E-state index contributed by atoms with van der Waals surface area (Å²) in [5.74, 6) is -8.67. The van der Waals surface area contributed by atoms with Gasteiger partial charge >= 0.3 is 81.7 Å². The van der Waals surface area contributed by atoms with E-state index in [4.69, 9.17) is 79.2 Å². The normalized spacial score (nSPS) is 5.56. The summed E-state index contributed by atoms with van der Waals surface area (Å²) in [6, 6.07) is 0. The van der Waals surface area contributed by atoms with Crippen LogP contribution in [0.3, 0.4) is 0 Å². The Balaban J connectivity index is -0.0000000180. The van der Waals surface area contributed by atoms with Gasteiger partial charge < -0.3 is 79.2 Å². The molecule has 16 nitrogen and oxygen atoms in total. The molecule has 0 aliphatic rings. The monoisotopic (exact) mass is 896 g/mol. The van der Waals surface area contributed by atoms with Crippen molar-refractivity contribution in [2.45, 2.75) is 55.4 Å². The maximum absolute atomic E-state index is 8.89. The van der Waals surface area contributed by atoms with Crippen LogP contribution in [0.25, 0.3) is 0 Å². The molecule has 0 aliphatic heterocycles. The van der Waals surface area contributed by atoms with Gasteiger partial charge in [-0.25, -0.2) is 0 Å². The summed E-state index contributed by atoms with van der Waals surface area (Å²) in [4.78, 5) is 71.1. The Kier molecular flexibility index (Phi) is 148. The van der Waals surface area contributed by atoms with Gasteiger partial charge in [0.25, 0.3) is 0 Å². The molecule has 0 aliphatic carbocycles. The van der Waals surface area contributed by atoms with Gasteiger partial charge in [-0.2, -0.15) is 0 Å². The zero-order chi connectivity index (χ0) is 28.6. The van der Waals surface area contributed by atoms with Gasteiger partial charge in [0.2, 0.25) is 0 Å². The standard InChI is InChI=1S/8C2H4O2.4Pd/c8*1-2(3)4;;;;/h8*1H3,(H,3,4);;;;/q;;;;;;;;4*+2/p-8. The SMILES string of the molecule is CC(=O)[O-].CC(=O)[O-].CC(=O)[O-].CC(=O)[O-].CC(=O)[O-].CC(=O)[O-].CC(=O)[O-].CC(=O)[O-].[Pd+2].[Pd+2].[Pd+2].[Pd+2]. The quantitative estimate of drug-likeness (QED) is 0.204. The van der Waals surface area contributed by atoms with Crippen molar-refractivity contribution in [2.75, 3.05) is 0 Å².